The van der Waals surface area contributed by atoms with Crippen molar-refractivity contribution in [2.45, 2.75) is 31.9 Å². The summed E-state index contributed by atoms with van der Waals surface area (Å²) >= 11 is 0. The molecule has 2 amide bonds. The molecule has 0 fully saturated rings. The second kappa shape index (κ2) is 14.3. The van der Waals surface area contributed by atoms with Crippen molar-refractivity contribution in [1.29, 1.82) is 0 Å². The van der Waals surface area contributed by atoms with Gasteiger partial charge in [-0.25, -0.2) is 4.39 Å². The molecule has 0 aliphatic heterocycles. The smallest absolute Gasteiger partial charge is 0.251 e. The summed E-state index contributed by atoms with van der Waals surface area (Å²) in [6.07, 6.45) is -0.675. The van der Waals surface area contributed by atoms with Crippen LogP contribution in [0.3, 0.4) is 0 Å². The molecule has 0 radical (unpaired) electrons. The maximum Gasteiger partial charge on any atom is 0.251 e. The van der Waals surface area contributed by atoms with Crippen molar-refractivity contribution in [2.75, 3.05) is 11.9 Å². The Morgan fingerprint density at radius 1 is 0.897 bits per heavy atom. The zero-order chi connectivity index (χ0) is 28.2. The van der Waals surface area contributed by atoms with E-state index in [1.54, 1.807) is 54.6 Å². The van der Waals surface area contributed by atoms with Gasteiger partial charge in [0.25, 0.3) is 5.91 Å². The van der Waals surface area contributed by atoms with Gasteiger partial charge in [-0.05, 0) is 85.3 Å². The Balaban J connectivity index is 1.51. The third kappa shape index (κ3) is 8.94. The van der Waals surface area contributed by atoms with Crippen LogP contribution >= 0.6 is 0 Å². The summed E-state index contributed by atoms with van der Waals surface area (Å²) in [5.41, 5.74) is 2.69. The standard InChI is InChI=1S/C31H27FN2O5/c1-21(36)30(28(37)20-35)34-31(39)25-14-10-22(11-15-25)6-2-3-7-23-12-17-26(18-13-23)33-29(38)19-16-24-8-4-5-9-27(24)32/h4-5,8-15,17-18,21,30,35-36H,16,19-20H2,1H3,(H,33,38)(H,34,39)/t21-,30+/m1/s1. The van der Waals surface area contributed by atoms with E-state index in [0.29, 0.717) is 28.8 Å². The van der Waals surface area contributed by atoms with Crippen LogP contribution in [0.2, 0.25) is 0 Å². The molecule has 0 aliphatic carbocycles. The van der Waals surface area contributed by atoms with Crippen molar-refractivity contribution in [1.82, 2.24) is 5.32 Å². The molecule has 0 aliphatic rings. The Hall–Kier alpha value is -4.76. The number of carbonyl (C=O) groups excluding carboxylic acids is 3. The van der Waals surface area contributed by atoms with E-state index in [2.05, 4.69) is 34.3 Å². The maximum atomic E-state index is 13.7. The van der Waals surface area contributed by atoms with E-state index in [4.69, 9.17) is 5.11 Å². The number of nitrogens with one attached hydrogen (secondary N) is 2. The van der Waals surface area contributed by atoms with Gasteiger partial charge in [-0.15, -0.1) is 0 Å². The summed E-state index contributed by atoms with van der Waals surface area (Å²) < 4.78 is 13.7. The molecule has 4 N–H and O–H groups in total. The van der Waals surface area contributed by atoms with Gasteiger partial charge in [-0.1, -0.05) is 30.0 Å². The molecular formula is C31H27FN2O5. The molecule has 0 heterocycles. The maximum absolute atomic E-state index is 13.7. The predicted octanol–water partition coefficient (Wildman–Crippen LogP) is 2.84. The summed E-state index contributed by atoms with van der Waals surface area (Å²) in [5.74, 6) is 9.47. The molecule has 0 saturated heterocycles. The van der Waals surface area contributed by atoms with Crippen LogP contribution in [0.15, 0.2) is 72.8 Å². The van der Waals surface area contributed by atoms with Crippen LogP contribution in [-0.4, -0.2) is 46.6 Å². The fourth-order valence-corrected chi connectivity index (χ4v) is 3.51. The molecule has 0 aromatic heterocycles. The summed E-state index contributed by atoms with van der Waals surface area (Å²) in [5, 5.41) is 23.8. The Morgan fingerprint density at radius 3 is 2.05 bits per heavy atom. The highest BCUT2D eigenvalue weighted by molar-refractivity contribution is 5.98. The number of hydrogen-bond acceptors (Lipinski definition) is 5. The molecule has 3 aromatic carbocycles. The van der Waals surface area contributed by atoms with E-state index in [0.717, 1.165) is 0 Å². The second-order valence-corrected chi connectivity index (χ2v) is 8.61. The van der Waals surface area contributed by atoms with Crippen molar-refractivity contribution >= 4 is 23.3 Å². The molecule has 2 atom stereocenters. The first-order valence-electron chi connectivity index (χ1n) is 12.1. The molecule has 3 aromatic rings. The number of hydrogen-bond donors (Lipinski definition) is 4. The number of benzene rings is 3. The Morgan fingerprint density at radius 2 is 1.49 bits per heavy atom. The third-order valence-electron chi connectivity index (χ3n) is 5.64. The first kappa shape index (κ1) is 28.8. The second-order valence-electron chi connectivity index (χ2n) is 8.61. The molecular weight excluding hydrogens is 499 g/mol. The fraction of sp³-hybridized carbons (Fsp3) is 0.194. The normalized spacial score (nSPS) is 11.6. The number of halogens is 1. The minimum Gasteiger partial charge on any atom is -0.391 e. The van der Waals surface area contributed by atoms with Gasteiger partial charge < -0.3 is 20.8 Å². The molecule has 7 nitrogen and oxygen atoms in total. The van der Waals surface area contributed by atoms with E-state index in [1.165, 1.54) is 25.1 Å². The molecule has 0 bridgehead atoms. The van der Waals surface area contributed by atoms with Crippen LogP contribution in [0, 0.1) is 29.5 Å². The van der Waals surface area contributed by atoms with Crippen LogP contribution in [0.4, 0.5) is 10.1 Å². The molecule has 198 valence electrons. The van der Waals surface area contributed by atoms with Crippen LogP contribution in [0.5, 0.6) is 0 Å². The number of aliphatic hydroxyl groups excluding tert-OH is 2. The lowest BCUT2D eigenvalue weighted by Crippen LogP contribution is -2.48. The van der Waals surface area contributed by atoms with E-state index in [9.17, 15) is 23.9 Å². The van der Waals surface area contributed by atoms with Gasteiger partial charge in [0.15, 0.2) is 5.78 Å². The van der Waals surface area contributed by atoms with Crippen molar-refractivity contribution in [2.24, 2.45) is 0 Å². The highest BCUT2D eigenvalue weighted by atomic mass is 19.1. The number of aryl methyl sites for hydroxylation is 1. The summed E-state index contributed by atoms with van der Waals surface area (Å²) in [4.78, 5) is 36.2. The first-order valence-corrected chi connectivity index (χ1v) is 12.1. The fourth-order valence-electron chi connectivity index (χ4n) is 3.51. The Bertz CT molecular complexity index is 1440. The molecule has 8 heteroatoms. The monoisotopic (exact) mass is 526 g/mol. The van der Waals surface area contributed by atoms with Gasteiger partial charge in [0.05, 0.1) is 6.10 Å². The lowest BCUT2D eigenvalue weighted by Gasteiger charge is -2.19. The SMILES string of the molecule is C[C@@H](O)[C@H](NC(=O)c1ccc(C#CC#Cc2ccc(NC(=O)CCc3ccccc3F)cc2)cc1)C(=O)CO. The average Bonchev–Trinajstić information content (AvgIpc) is 2.94. The molecule has 0 saturated carbocycles. The van der Waals surface area contributed by atoms with Gasteiger partial charge in [0, 0.05) is 28.8 Å². The van der Waals surface area contributed by atoms with Crippen molar-refractivity contribution < 1.29 is 29.0 Å². The zero-order valence-electron chi connectivity index (χ0n) is 21.2. The van der Waals surface area contributed by atoms with Crippen LogP contribution in [-0.2, 0) is 16.0 Å². The van der Waals surface area contributed by atoms with Gasteiger partial charge in [-0.3, -0.25) is 14.4 Å². The van der Waals surface area contributed by atoms with Crippen molar-refractivity contribution in [3.8, 4) is 23.7 Å². The average molecular weight is 527 g/mol. The van der Waals surface area contributed by atoms with Gasteiger partial charge in [0.2, 0.25) is 5.91 Å². The zero-order valence-corrected chi connectivity index (χ0v) is 21.2. The number of rotatable bonds is 9. The number of anilines is 1. The third-order valence-corrected chi connectivity index (χ3v) is 5.64. The predicted molar refractivity (Wildman–Crippen MR) is 145 cm³/mol. The summed E-state index contributed by atoms with van der Waals surface area (Å²) in [6, 6.07) is 18.4. The number of aliphatic hydroxyl groups is 2. The van der Waals surface area contributed by atoms with E-state index >= 15 is 0 Å². The molecule has 3 rings (SSSR count). The van der Waals surface area contributed by atoms with Crippen LogP contribution in [0.25, 0.3) is 0 Å². The van der Waals surface area contributed by atoms with Gasteiger partial charge in [-0.2, -0.15) is 0 Å². The largest absolute Gasteiger partial charge is 0.391 e. The number of carbonyl (C=O) groups is 3. The van der Waals surface area contributed by atoms with E-state index < -0.39 is 30.4 Å². The Labute approximate surface area is 226 Å². The topological polar surface area (TPSA) is 116 Å². The van der Waals surface area contributed by atoms with E-state index in [1.807, 2.05) is 0 Å². The number of amides is 2. The molecule has 0 spiro atoms. The van der Waals surface area contributed by atoms with Crippen molar-refractivity contribution in [3.05, 3.63) is 101 Å². The Kier molecular flexibility index (Phi) is 10.5. The number of Topliss-reactive ketones (excluding diaryl/α,β-unsaturated/α-hetero) is 1. The molecule has 39 heavy (non-hydrogen) atoms. The quantitative estimate of drug-likeness (QED) is 0.320. The minimum atomic E-state index is -1.20. The van der Waals surface area contributed by atoms with Crippen molar-refractivity contribution in [3.63, 3.8) is 0 Å². The van der Waals surface area contributed by atoms with E-state index in [-0.39, 0.29) is 23.7 Å². The highest BCUT2D eigenvalue weighted by Gasteiger charge is 2.25. The van der Waals surface area contributed by atoms with Gasteiger partial charge in [0.1, 0.15) is 18.5 Å². The highest BCUT2D eigenvalue weighted by Crippen LogP contribution is 2.12. The number of ketones is 1. The lowest BCUT2D eigenvalue weighted by molar-refractivity contribution is -0.126. The molecule has 0 unspecified atom stereocenters. The summed E-state index contributed by atoms with van der Waals surface area (Å²) in [7, 11) is 0. The van der Waals surface area contributed by atoms with Crippen LogP contribution < -0.4 is 10.6 Å². The summed E-state index contributed by atoms with van der Waals surface area (Å²) in [6.45, 7) is 0.563. The lowest BCUT2D eigenvalue weighted by atomic mass is 10.1. The van der Waals surface area contributed by atoms with Crippen LogP contribution in [0.1, 0.15) is 40.4 Å². The van der Waals surface area contributed by atoms with Gasteiger partial charge >= 0.3 is 0 Å². The first-order chi connectivity index (χ1) is 18.8. The minimum absolute atomic E-state index is 0.162.